The third kappa shape index (κ3) is 5.67. The Labute approximate surface area is 136 Å². The van der Waals surface area contributed by atoms with Crippen LogP contribution in [0.4, 0.5) is 14.5 Å². The molecular formula is C16H12ClF2NO3. The van der Waals surface area contributed by atoms with Crippen molar-refractivity contribution in [1.29, 1.82) is 0 Å². The van der Waals surface area contributed by atoms with E-state index in [1.54, 1.807) is 24.3 Å². The van der Waals surface area contributed by atoms with Gasteiger partial charge in [0.15, 0.2) is 6.61 Å². The van der Waals surface area contributed by atoms with E-state index in [0.29, 0.717) is 16.7 Å². The van der Waals surface area contributed by atoms with Crippen LogP contribution in [0, 0.1) is 11.6 Å². The first-order valence-corrected chi connectivity index (χ1v) is 6.96. The summed E-state index contributed by atoms with van der Waals surface area (Å²) in [4.78, 5) is 23.2. The maximum atomic E-state index is 13.0. The fourth-order valence-corrected chi connectivity index (χ4v) is 1.92. The summed E-state index contributed by atoms with van der Waals surface area (Å²) in [5, 5.41) is 2.78. The van der Waals surface area contributed by atoms with Crippen LogP contribution in [-0.2, 0) is 20.7 Å². The molecule has 2 rings (SSSR count). The van der Waals surface area contributed by atoms with Gasteiger partial charge in [0.2, 0.25) is 0 Å². The highest BCUT2D eigenvalue weighted by Crippen LogP contribution is 2.13. The Hall–Kier alpha value is -2.47. The second kappa shape index (κ2) is 7.69. The number of amides is 1. The zero-order valence-corrected chi connectivity index (χ0v) is 12.6. The summed E-state index contributed by atoms with van der Waals surface area (Å²) in [6.45, 7) is -0.551. The first-order valence-electron chi connectivity index (χ1n) is 6.58. The Morgan fingerprint density at radius 3 is 2.26 bits per heavy atom. The molecule has 4 nitrogen and oxygen atoms in total. The van der Waals surface area contributed by atoms with Crippen molar-refractivity contribution in [1.82, 2.24) is 0 Å². The third-order valence-electron chi connectivity index (χ3n) is 2.77. The molecule has 1 amide bonds. The second-order valence-electron chi connectivity index (χ2n) is 4.67. The van der Waals surface area contributed by atoms with Gasteiger partial charge in [0.25, 0.3) is 5.91 Å². The average Bonchev–Trinajstić information content (AvgIpc) is 2.46. The quantitative estimate of drug-likeness (QED) is 0.850. The van der Waals surface area contributed by atoms with Crippen molar-refractivity contribution in [3.05, 3.63) is 64.7 Å². The normalized spacial score (nSPS) is 10.2. The summed E-state index contributed by atoms with van der Waals surface area (Å²) in [5.74, 6) is -2.94. The van der Waals surface area contributed by atoms with Crippen LogP contribution in [0.5, 0.6) is 0 Å². The molecule has 0 bridgehead atoms. The summed E-state index contributed by atoms with van der Waals surface area (Å²) in [6.07, 6.45) is -0.0148. The maximum absolute atomic E-state index is 13.0. The molecule has 2 aromatic carbocycles. The molecule has 0 radical (unpaired) electrons. The minimum absolute atomic E-state index is 0.0148. The molecule has 0 fully saturated rings. The molecule has 0 aliphatic carbocycles. The highest BCUT2D eigenvalue weighted by molar-refractivity contribution is 6.30. The fourth-order valence-electron chi connectivity index (χ4n) is 1.79. The van der Waals surface area contributed by atoms with Crippen LogP contribution in [0.25, 0.3) is 0 Å². The molecule has 23 heavy (non-hydrogen) atoms. The van der Waals surface area contributed by atoms with E-state index >= 15 is 0 Å². The summed E-state index contributed by atoms with van der Waals surface area (Å²) < 4.78 is 30.8. The molecule has 0 unspecified atom stereocenters. The largest absolute Gasteiger partial charge is 0.455 e. The Morgan fingerprint density at radius 2 is 1.65 bits per heavy atom. The molecule has 0 saturated heterocycles. The van der Waals surface area contributed by atoms with Crippen molar-refractivity contribution < 1.29 is 23.1 Å². The Kier molecular flexibility index (Phi) is 5.65. The van der Waals surface area contributed by atoms with E-state index < -0.39 is 30.1 Å². The van der Waals surface area contributed by atoms with Gasteiger partial charge in [-0.1, -0.05) is 23.7 Å². The molecular weight excluding hydrogens is 328 g/mol. The van der Waals surface area contributed by atoms with E-state index in [2.05, 4.69) is 5.32 Å². The fraction of sp³-hybridized carbons (Fsp3) is 0.125. The SMILES string of the molecule is O=C(COC(=O)Cc1ccc(Cl)cc1)Nc1cc(F)cc(F)c1. The van der Waals surface area contributed by atoms with Gasteiger partial charge in [-0.05, 0) is 29.8 Å². The smallest absolute Gasteiger partial charge is 0.310 e. The van der Waals surface area contributed by atoms with Crippen molar-refractivity contribution in [2.75, 3.05) is 11.9 Å². The number of esters is 1. The van der Waals surface area contributed by atoms with Crippen LogP contribution in [0.2, 0.25) is 5.02 Å². The number of rotatable bonds is 5. The summed E-state index contributed by atoms with van der Waals surface area (Å²) in [5.41, 5.74) is 0.633. The molecule has 0 aliphatic heterocycles. The van der Waals surface area contributed by atoms with E-state index in [4.69, 9.17) is 16.3 Å². The monoisotopic (exact) mass is 339 g/mol. The predicted octanol–water partition coefficient (Wildman–Crippen LogP) is 3.34. The van der Waals surface area contributed by atoms with E-state index in [1.165, 1.54) is 0 Å². The van der Waals surface area contributed by atoms with Crippen molar-refractivity contribution in [3.63, 3.8) is 0 Å². The molecule has 2 aromatic rings. The molecule has 0 spiro atoms. The molecule has 0 aliphatic rings. The lowest BCUT2D eigenvalue weighted by Gasteiger charge is -2.07. The number of halogens is 3. The highest BCUT2D eigenvalue weighted by Gasteiger charge is 2.10. The molecule has 7 heteroatoms. The van der Waals surface area contributed by atoms with Gasteiger partial charge in [-0.25, -0.2) is 8.78 Å². The number of anilines is 1. The first kappa shape index (κ1) is 16.9. The minimum atomic E-state index is -0.819. The van der Waals surface area contributed by atoms with Crippen LogP contribution < -0.4 is 5.32 Å². The van der Waals surface area contributed by atoms with Gasteiger partial charge in [0, 0.05) is 16.8 Å². The number of hydrogen-bond donors (Lipinski definition) is 1. The number of nitrogens with one attached hydrogen (secondary N) is 1. The highest BCUT2D eigenvalue weighted by atomic mass is 35.5. The standard InChI is InChI=1S/C16H12ClF2NO3/c17-11-3-1-10(2-4-11)5-16(22)23-9-15(21)20-14-7-12(18)6-13(19)8-14/h1-4,6-8H,5,9H2,(H,20,21). The van der Waals surface area contributed by atoms with Crippen molar-refractivity contribution in [2.45, 2.75) is 6.42 Å². The molecule has 1 N–H and O–H groups in total. The van der Waals surface area contributed by atoms with Crippen LogP contribution in [0.1, 0.15) is 5.56 Å². The van der Waals surface area contributed by atoms with Crippen LogP contribution in [-0.4, -0.2) is 18.5 Å². The third-order valence-corrected chi connectivity index (χ3v) is 3.02. The lowest BCUT2D eigenvalue weighted by atomic mass is 10.1. The van der Waals surface area contributed by atoms with E-state index in [1.807, 2.05) is 0 Å². The number of hydrogen-bond acceptors (Lipinski definition) is 3. The predicted molar refractivity (Wildman–Crippen MR) is 81.1 cm³/mol. The molecule has 0 saturated carbocycles. The van der Waals surface area contributed by atoms with E-state index in [9.17, 15) is 18.4 Å². The van der Waals surface area contributed by atoms with Crippen LogP contribution in [0.3, 0.4) is 0 Å². The number of carbonyl (C=O) groups is 2. The summed E-state index contributed by atoms with van der Waals surface area (Å²) in [6, 6.07) is 9.19. The Bertz CT molecular complexity index is 700. The average molecular weight is 340 g/mol. The van der Waals surface area contributed by atoms with Gasteiger partial charge in [-0.2, -0.15) is 0 Å². The topological polar surface area (TPSA) is 55.4 Å². The van der Waals surface area contributed by atoms with Gasteiger partial charge in [0.05, 0.1) is 6.42 Å². The number of carbonyl (C=O) groups excluding carboxylic acids is 2. The van der Waals surface area contributed by atoms with Crippen molar-refractivity contribution >= 4 is 29.2 Å². The van der Waals surface area contributed by atoms with Gasteiger partial charge in [-0.3, -0.25) is 9.59 Å². The van der Waals surface area contributed by atoms with Gasteiger partial charge < -0.3 is 10.1 Å². The molecule has 0 aromatic heterocycles. The minimum Gasteiger partial charge on any atom is -0.455 e. The Balaban J connectivity index is 1.81. The van der Waals surface area contributed by atoms with Gasteiger partial charge in [-0.15, -0.1) is 0 Å². The van der Waals surface area contributed by atoms with Crippen LogP contribution in [0.15, 0.2) is 42.5 Å². The first-order chi connectivity index (χ1) is 10.9. The van der Waals surface area contributed by atoms with Gasteiger partial charge in [0.1, 0.15) is 11.6 Å². The summed E-state index contributed by atoms with van der Waals surface area (Å²) in [7, 11) is 0. The van der Waals surface area contributed by atoms with E-state index in [0.717, 1.165) is 12.1 Å². The zero-order chi connectivity index (χ0) is 16.8. The second-order valence-corrected chi connectivity index (χ2v) is 5.11. The lowest BCUT2D eigenvalue weighted by Crippen LogP contribution is -2.21. The number of benzene rings is 2. The lowest BCUT2D eigenvalue weighted by molar-refractivity contribution is -0.146. The van der Waals surface area contributed by atoms with Crippen molar-refractivity contribution in [2.24, 2.45) is 0 Å². The molecule has 0 heterocycles. The van der Waals surface area contributed by atoms with Crippen molar-refractivity contribution in [3.8, 4) is 0 Å². The Morgan fingerprint density at radius 1 is 1.04 bits per heavy atom. The van der Waals surface area contributed by atoms with Crippen LogP contribution >= 0.6 is 11.6 Å². The zero-order valence-electron chi connectivity index (χ0n) is 11.8. The maximum Gasteiger partial charge on any atom is 0.310 e. The van der Waals surface area contributed by atoms with E-state index in [-0.39, 0.29) is 12.1 Å². The summed E-state index contributed by atoms with van der Waals surface area (Å²) >= 11 is 5.73. The van der Waals surface area contributed by atoms with Gasteiger partial charge >= 0.3 is 5.97 Å². The number of ether oxygens (including phenoxy) is 1. The molecule has 0 atom stereocenters. The molecule has 120 valence electrons.